The molecule has 0 aliphatic heterocycles. The van der Waals surface area contributed by atoms with Crippen molar-refractivity contribution in [2.24, 2.45) is 0 Å². The zero-order valence-electron chi connectivity index (χ0n) is 12.3. The van der Waals surface area contributed by atoms with Crippen molar-refractivity contribution in [1.82, 2.24) is 25.1 Å². The number of hydrogen-bond acceptors (Lipinski definition) is 5. The minimum atomic E-state index is 0.485. The third kappa shape index (κ3) is 2.53. The Hall–Kier alpha value is -2.54. The molecule has 0 aliphatic carbocycles. The number of benzene rings is 2. The fourth-order valence-electron chi connectivity index (χ4n) is 2.42. The quantitative estimate of drug-likeness (QED) is 0.547. The maximum absolute atomic E-state index is 5.38. The number of hydrogen-bond donors (Lipinski definition) is 0. The van der Waals surface area contributed by atoms with Gasteiger partial charge in [-0.3, -0.25) is 0 Å². The Balaban J connectivity index is 1.74. The van der Waals surface area contributed by atoms with Gasteiger partial charge in [0.15, 0.2) is 0 Å². The van der Waals surface area contributed by atoms with Crippen LogP contribution in [0.5, 0.6) is 0 Å². The summed E-state index contributed by atoms with van der Waals surface area (Å²) in [5.74, 6) is 1.02. The number of fused-ring (bicyclic) bond motifs is 1. The molecule has 0 fully saturated rings. The molecule has 2 aromatic carbocycles. The lowest BCUT2D eigenvalue weighted by Gasteiger charge is -1.97. The van der Waals surface area contributed by atoms with Gasteiger partial charge in [0, 0.05) is 22.1 Å². The van der Waals surface area contributed by atoms with Crippen LogP contribution in [0, 0.1) is 0 Å². The van der Waals surface area contributed by atoms with Crippen molar-refractivity contribution in [1.29, 1.82) is 0 Å². The number of aryl methyl sites for hydroxylation is 1. The molecule has 4 aromatic rings. The van der Waals surface area contributed by atoms with Crippen LogP contribution in [0.15, 0.2) is 51.5 Å². The van der Waals surface area contributed by atoms with Crippen molar-refractivity contribution in [3.8, 4) is 22.8 Å². The van der Waals surface area contributed by atoms with Gasteiger partial charge < -0.3 is 4.52 Å². The van der Waals surface area contributed by atoms with Gasteiger partial charge in [-0.25, -0.2) is 4.68 Å². The predicted octanol–water partition coefficient (Wildman–Crippen LogP) is 3.93. The molecule has 0 saturated carbocycles. The molecule has 0 radical (unpaired) electrons. The highest BCUT2D eigenvalue weighted by Crippen LogP contribution is 2.26. The SMILES string of the molecule is CCn1nnc2cc(-c3noc(-c4cccc(Br)c4)n3)ccc21. The Morgan fingerprint density at radius 1 is 1.13 bits per heavy atom. The van der Waals surface area contributed by atoms with Crippen LogP contribution in [0.1, 0.15) is 6.92 Å². The molecule has 0 spiro atoms. The summed E-state index contributed by atoms with van der Waals surface area (Å²) in [5, 5.41) is 12.4. The molecule has 0 unspecified atom stereocenters. The van der Waals surface area contributed by atoms with Gasteiger partial charge >= 0.3 is 0 Å². The summed E-state index contributed by atoms with van der Waals surface area (Å²) < 4.78 is 8.19. The number of rotatable bonds is 3. The Kier molecular flexibility index (Phi) is 3.42. The molecule has 2 heterocycles. The zero-order valence-corrected chi connectivity index (χ0v) is 13.9. The maximum Gasteiger partial charge on any atom is 0.258 e. The lowest BCUT2D eigenvalue weighted by molar-refractivity contribution is 0.432. The predicted molar refractivity (Wildman–Crippen MR) is 89.6 cm³/mol. The van der Waals surface area contributed by atoms with E-state index >= 15 is 0 Å². The van der Waals surface area contributed by atoms with E-state index in [0.29, 0.717) is 11.7 Å². The van der Waals surface area contributed by atoms with Crippen LogP contribution >= 0.6 is 15.9 Å². The fraction of sp³-hybridized carbons (Fsp3) is 0.125. The van der Waals surface area contributed by atoms with Gasteiger partial charge in [-0.05, 0) is 43.3 Å². The molecule has 0 aliphatic rings. The highest BCUT2D eigenvalue weighted by molar-refractivity contribution is 9.10. The summed E-state index contributed by atoms with van der Waals surface area (Å²) in [6.45, 7) is 2.82. The highest BCUT2D eigenvalue weighted by atomic mass is 79.9. The Morgan fingerprint density at radius 2 is 2.04 bits per heavy atom. The van der Waals surface area contributed by atoms with E-state index in [1.54, 1.807) is 0 Å². The van der Waals surface area contributed by atoms with Crippen molar-refractivity contribution >= 4 is 27.0 Å². The smallest absolute Gasteiger partial charge is 0.258 e. The number of aromatic nitrogens is 5. The lowest BCUT2D eigenvalue weighted by atomic mass is 10.2. The first-order chi connectivity index (χ1) is 11.2. The molecular weight excluding hydrogens is 358 g/mol. The van der Waals surface area contributed by atoms with Gasteiger partial charge in [0.1, 0.15) is 5.52 Å². The Morgan fingerprint density at radius 3 is 2.87 bits per heavy atom. The van der Waals surface area contributed by atoms with E-state index in [1.165, 1.54) is 0 Å². The summed E-state index contributed by atoms with van der Waals surface area (Å²) in [4.78, 5) is 4.47. The van der Waals surface area contributed by atoms with Crippen molar-refractivity contribution in [2.75, 3.05) is 0 Å². The van der Waals surface area contributed by atoms with E-state index < -0.39 is 0 Å². The van der Waals surface area contributed by atoms with E-state index in [9.17, 15) is 0 Å². The summed E-state index contributed by atoms with van der Waals surface area (Å²) >= 11 is 3.44. The van der Waals surface area contributed by atoms with Crippen LogP contribution in [0.4, 0.5) is 0 Å². The Labute approximate surface area is 140 Å². The average Bonchev–Trinajstić information content (AvgIpc) is 3.21. The van der Waals surface area contributed by atoms with Crippen LogP contribution in [0.3, 0.4) is 0 Å². The normalized spacial score (nSPS) is 11.2. The highest BCUT2D eigenvalue weighted by Gasteiger charge is 2.12. The third-order valence-electron chi connectivity index (χ3n) is 3.57. The number of nitrogens with zero attached hydrogens (tertiary/aromatic N) is 5. The van der Waals surface area contributed by atoms with Crippen molar-refractivity contribution < 1.29 is 4.52 Å². The van der Waals surface area contributed by atoms with Crippen LogP contribution in [-0.2, 0) is 6.54 Å². The van der Waals surface area contributed by atoms with Crippen LogP contribution in [0.2, 0.25) is 0 Å². The number of halogens is 1. The monoisotopic (exact) mass is 369 g/mol. The topological polar surface area (TPSA) is 69.6 Å². The van der Waals surface area contributed by atoms with Crippen LogP contribution in [-0.4, -0.2) is 25.1 Å². The lowest BCUT2D eigenvalue weighted by Crippen LogP contribution is -1.95. The van der Waals surface area contributed by atoms with Gasteiger partial charge in [-0.1, -0.05) is 32.4 Å². The fourth-order valence-corrected chi connectivity index (χ4v) is 2.82. The molecule has 2 aromatic heterocycles. The minimum absolute atomic E-state index is 0.485. The standard InChI is InChI=1S/C16H12BrN5O/c1-2-22-14-7-6-10(9-13(14)19-21-22)15-18-16(23-20-15)11-4-3-5-12(17)8-11/h3-9H,2H2,1H3. The summed E-state index contributed by atoms with van der Waals surface area (Å²) in [6.07, 6.45) is 0. The second-order valence-electron chi connectivity index (χ2n) is 5.04. The minimum Gasteiger partial charge on any atom is -0.334 e. The molecule has 0 atom stereocenters. The van der Waals surface area contributed by atoms with Crippen molar-refractivity contribution in [2.45, 2.75) is 13.5 Å². The Bertz CT molecular complexity index is 991. The van der Waals surface area contributed by atoms with E-state index in [4.69, 9.17) is 4.52 Å². The molecule has 0 bridgehead atoms. The zero-order chi connectivity index (χ0) is 15.8. The first kappa shape index (κ1) is 14.1. The van der Waals surface area contributed by atoms with E-state index in [2.05, 4.69) is 36.4 Å². The van der Waals surface area contributed by atoms with E-state index in [1.807, 2.05) is 54.1 Å². The summed E-state index contributed by atoms with van der Waals surface area (Å²) in [7, 11) is 0. The molecule has 7 heteroatoms. The van der Waals surface area contributed by atoms with Crippen molar-refractivity contribution in [3.63, 3.8) is 0 Å². The van der Waals surface area contributed by atoms with Gasteiger partial charge in [0.25, 0.3) is 5.89 Å². The molecule has 0 N–H and O–H groups in total. The first-order valence-corrected chi connectivity index (χ1v) is 7.97. The first-order valence-electron chi connectivity index (χ1n) is 7.18. The molecule has 0 saturated heterocycles. The second kappa shape index (κ2) is 5.58. The van der Waals surface area contributed by atoms with Gasteiger partial charge in [-0.15, -0.1) is 5.10 Å². The van der Waals surface area contributed by atoms with E-state index in [0.717, 1.165) is 33.2 Å². The summed E-state index contributed by atoms with van der Waals surface area (Å²) in [6, 6.07) is 13.6. The molecule has 114 valence electrons. The molecule has 6 nitrogen and oxygen atoms in total. The molecule has 0 amide bonds. The largest absolute Gasteiger partial charge is 0.334 e. The van der Waals surface area contributed by atoms with Gasteiger partial charge in [0.2, 0.25) is 5.82 Å². The molecule has 4 rings (SSSR count). The summed E-state index contributed by atoms with van der Waals surface area (Å²) in [5.41, 5.74) is 3.53. The third-order valence-corrected chi connectivity index (χ3v) is 4.06. The van der Waals surface area contributed by atoms with Crippen LogP contribution < -0.4 is 0 Å². The molecular formula is C16H12BrN5O. The maximum atomic E-state index is 5.38. The van der Waals surface area contributed by atoms with Gasteiger partial charge in [-0.2, -0.15) is 4.98 Å². The second-order valence-corrected chi connectivity index (χ2v) is 5.96. The van der Waals surface area contributed by atoms with Crippen LogP contribution in [0.25, 0.3) is 33.9 Å². The molecule has 23 heavy (non-hydrogen) atoms. The van der Waals surface area contributed by atoms with Crippen molar-refractivity contribution in [3.05, 3.63) is 46.9 Å². The average molecular weight is 370 g/mol. The van der Waals surface area contributed by atoms with Gasteiger partial charge in [0.05, 0.1) is 5.52 Å². The van der Waals surface area contributed by atoms with E-state index in [-0.39, 0.29) is 0 Å².